The third-order valence-electron chi connectivity index (χ3n) is 5.28. The van der Waals surface area contributed by atoms with Crippen molar-refractivity contribution in [1.82, 2.24) is 29.8 Å². The van der Waals surface area contributed by atoms with E-state index in [2.05, 4.69) is 26.3 Å². The molecule has 152 valence electrons. The van der Waals surface area contributed by atoms with Gasteiger partial charge in [0.25, 0.3) is 5.91 Å². The molecule has 2 aromatic heterocycles. The molecule has 1 fully saturated rings. The van der Waals surface area contributed by atoms with E-state index in [-0.39, 0.29) is 17.8 Å². The Morgan fingerprint density at radius 2 is 2.03 bits per heavy atom. The van der Waals surface area contributed by atoms with Crippen LogP contribution in [-0.4, -0.2) is 56.3 Å². The summed E-state index contributed by atoms with van der Waals surface area (Å²) in [6.07, 6.45) is 1.83. The SMILES string of the molecule is CN(C)Cc1cc(C2CCCN2C(=O)c2cc(-c3ccc(F)cc3)n[nH]2)nn1C. The van der Waals surface area contributed by atoms with Gasteiger partial charge in [-0.25, -0.2) is 4.39 Å². The van der Waals surface area contributed by atoms with E-state index in [0.29, 0.717) is 17.9 Å². The van der Waals surface area contributed by atoms with Crippen LogP contribution in [0.3, 0.4) is 0 Å². The Kier molecular flexibility index (Phi) is 5.19. The number of likely N-dealkylation sites (tertiary alicyclic amines) is 1. The van der Waals surface area contributed by atoms with Crippen molar-refractivity contribution < 1.29 is 9.18 Å². The number of carbonyl (C=O) groups excluding carboxylic acids is 1. The number of hydrogen-bond acceptors (Lipinski definition) is 4. The first-order valence-corrected chi connectivity index (χ1v) is 9.72. The second-order valence-electron chi connectivity index (χ2n) is 7.75. The summed E-state index contributed by atoms with van der Waals surface area (Å²) in [6.45, 7) is 1.49. The van der Waals surface area contributed by atoms with Gasteiger partial charge in [-0.2, -0.15) is 10.2 Å². The van der Waals surface area contributed by atoms with Crippen LogP contribution < -0.4 is 0 Å². The van der Waals surface area contributed by atoms with Crippen molar-refractivity contribution in [2.75, 3.05) is 20.6 Å². The Bertz CT molecular complexity index is 1010. The van der Waals surface area contributed by atoms with Gasteiger partial charge >= 0.3 is 0 Å². The van der Waals surface area contributed by atoms with Gasteiger partial charge in [0.15, 0.2) is 0 Å². The predicted molar refractivity (Wildman–Crippen MR) is 108 cm³/mol. The number of amides is 1. The van der Waals surface area contributed by atoms with E-state index in [0.717, 1.165) is 36.3 Å². The van der Waals surface area contributed by atoms with Crippen LogP contribution in [0.15, 0.2) is 36.4 Å². The molecule has 1 amide bonds. The van der Waals surface area contributed by atoms with Crippen molar-refractivity contribution in [3.05, 3.63) is 59.3 Å². The van der Waals surface area contributed by atoms with Crippen molar-refractivity contribution in [3.8, 4) is 11.3 Å². The molecule has 1 aliphatic heterocycles. The van der Waals surface area contributed by atoms with Crippen LogP contribution in [0.4, 0.5) is 4.39 Å². The first-order chi connectivity index (χ1) is 13.9. The van der Waals surface area contributed by atoms with Gasteiger partial charge < -0.3 is 9.80 Å². The Hall–Kier alpha value is -3.00. The molecule has 4 rings (SSSR count). The molecule has 1 saturated heterocycles. The lowest BCUT2D eigenvalue weighted by Crippen LogP contribution is -2.31. The van der Waals surface area contributed by atoms with Gasteiger partial charge in [-0.1, -0.05) is 0 Å². The molecule has 7 nitrogen and oxygen atoms in total. The number of aryl methyl sites for hydroxylation is 1. The molecule has 3 aromatic rings. The van der Waals surface area contributed by atoms with Gasteiger partial charge in [0.05, 0.1) is 23.1 Å². The van der Waals surface area contributed by atoms with Crippen LogP contribution in [0.1, 0.15) is 40.8 Å². The maximum atomic E-state index is 13.2. The van der Waals surface area contributed by atoms with Crippen molar-refractivity contribution in [3.63, 3.8) is 0 Å². The number of nitrogens with one attached hydrogen (secondary N) is 1. The molecule has 0 bridgehead atoms. The first kappa shape index (κ1) is 19.3. The van der Waals surface area contributed by atoms with Crippen molar-refractivity contribution in [1.29, 1.82) is 0 Å². The lowest BCUT2D eigenvalue weighted by molar-refractivity contribution is 0.0726. The van der Waals surface area contributed by atoms with E-state index in [9.17, 15) is 9.18 Å². The molecule has 1 aliphatic rings. The predicted octanol–water partition coefficient (Wildman–Crippen LogP) is 2.99. The molecule has 0 saturated carbocycles. The molecule has 1 atom stereocenters. The topological polar surface area (TPSA) is 70.1 Å². The van der Waals surface area contributed by atoms with E-state index >= 15 is 0 Å². The maximum Gasteiger partial charge on any atom is 0.272 e. The zero-order valence-electron chi connectivity index (χ0n) is 16.9. The second-order valence-corrected chi connectivity index (χ2v) is 7.75. The number of carbonyl (C=O) groups is 1. The summed E-state index contributed by atoms with van der Waals surface area (Å²) in [6, 6.07) is 9.84. The lowest BCUT2D eigenvalue weighted by Gasteiger charge is -2.22. The summed E-state index contributed by atoms with van der Waals surface area (Å²) < 4.78 is 15.0. The second kappa shape index (κ2) is 7.79. The highest BCUT2D eigenvalue weighted by atomic mass is 19.1. The standard InChI is InChI=1S/C21H25FN6O/c1-26(2)13-16-11-18(25-27(16)3)20-5-4-10-28(20)21(29)19-12-17(23-24-19)14-6-8-15(22)9-7-14/h6-9,11-12,20H,4-5,10,13H2,1-3H3,(H,23,24). The highest BCUT2D eigenvalue weighted by molar-refractivity contribution is 5.93. The van der Waals surface area contributed by atoms with Crippen LogP contribution in [-0.2, 0) is 13.6 Å². The minimum absolute atomic E-state index is 0.0396. The van der Waals surface area contributed by atoms with E-state index in [1.807, 2.05) is 30.7 Å². The van der Waals surface area contributed by atoms with Crippen molar-refractivity contribution in [2.24, 2.45) is 7.05 Å². The average molecular weight is 396 g/mol. The highest BCUT2D eigenvalue weighted by Crippen LogP contribution is 2.33. The van der Waals surface area contributed by atoms with Gasteiger partial charge in [-0.05, 0) is 63.3 Å². The van der Waals surface area contributed by atoms with Crippen LogP contribution in [0.5, 0.6) is 0 Å². The van der Waals surface area contributed by atoms with Crippen LogP contribution in [0.25, 0.3) is 11.3 Å². The smallest absolute Gasteiger partial charge is 0.272 e. The number of hydrogen-bond donors (Lipinski definition) is 1. The van der Waals surface area contributed by atoms with E-state index in [1.165, 1.54) is 12.1 Å². The van der Waals surface area contributed by atoms with Gasteiger partial charge in [0.2, 0.25) is 0 Å². The minimum atomic E-state index is -0.301. The van der Waals surface area contributed by atoms with Crippen LogP contribution in [0.2, 0.25) is 0 Å². The number of H-pyrrole nitrogens is 1. The lowest BCUT2D eigenvalue weighted by atomic mass is 10.1. The molecule has 0 spiro atoms. The number of benzene rings is 1. The fraction of sp³-hybridized carbons (Fsp3) is 0.381. The zero-order valence-corrected chi connectivity index (χ0v) is 16.9. The number of aromatic nitrogens is 4. The number of aromatic amines is 1. The molecule has 1 aromatic carbocycles. The van der Waals surface area contributed by atoms with E-state index in [4.69, 9.17) is 0 Å². The number of halogens is 1. The normalized spacial score (nSPS) is 16.7. The molecule has 29 heavy (non-hydrogen) atoms. The molecule has 8 heteroatoms. The summed E-state index contributed by atoms with van der Waals surface area (Å²) in [5.41, 5.74) is 3.85. The molecule has 3 heterocycles. The fourth-order valence-electron chi connectivity index (χ4n) is 3.84. The summed E-state index contributed by atoms with van der Waals surface area (Å²) in [4.78, 5) is 17.1. The molecular formula is C21H25FN6O. The van der Waals surface area contributed by atoms with Gasteiger partial charge in [-0.15, -0.1) is 0 Å². The van der Waals surface area contributed by atoms with E-state index < -0.39 is 0 Å². The van der Waals surface area contributed by atoms with Crippen molar-refractivity contribution in [2.45, 2.75) is 25.4 Å². The Labute approximate surface area is 169 Å². The Morgan fingerprint density at radius 1 is 1.28 bits per heavy atom. The minimum Gasteiger partial charge on any atom is -0.329 e. The summed E-state index contributed by atoms with van der Waals surface area (Å²) >= 11 is 0. The average Bonchev–Trinajstić information content (AvgIpc) is 3.41. The summed E-state index contributed by atoms with van der Waals surface area (Å²) in [5, 5.41) is 11.7. The van der Waals surface area contributed by atoms with Gasteiger partial charge in [0, 0.05) is 25.7 Å². The number of nitrogens with zero attached hydrogens (tertiary/aromatic N) is 5. The third kappa shape index (κ3) is 3.93. The molecule has 1 unspecified atom stereocenters. The summed E-state index contributed by atoms with van der Waals surface area (Å²) in [7, 11) is 5.98. The van der Waals surface area contributed by atoms with Crippen LogP contribution in [0, 0.1) is 5.82 Å². The van der Waals surface area contributed by atoms with Crippen LogP contribution >= 0.6 is 0 Å². The first-order valence-electron chi connectivity index (χ1n) is 9.72. The fourth-order valence-corrected chi connectivity index (χ4v) is 3.84. The van der Waals surface area contributed by atoms with E-state index in [1.54, 1.807) is 18.2 Å². The Balaban J connectivity index is 1.55. The maximum absolute atomic E-state index is 13.2. The number of rotatable bonds is 5. The van der Waals surface area contributed by atoms with Gasteiger partial charge in [-0.3, -0.25) is 14.6 Å². The van der Waals surface area contributed by atoms with Gasteiger partial charge in [0.1, 0.15) is 11.5 Å². The quantitative estimate of drug-likeness (QED) is 0.720. The van der Waals surface area contributed by atoms with Crippen molar-refractivity contribution >= 4 is 5.91 Å². The molecule has 0 aliphatic carbocycles. The summed E-state index contributed by atoms with van der Waals surface area (Å²) in [5.74, 6) is -0.391. The zero-order chi connectivity index (χ0) is 20.5. The highest BCUT2D eigenvalue weighted by Gasteiger charge is 2.33. The molecular weight excluding hydrogens is 371 g/mol. The molecule has 0 radical (unpaired) electrons. The third-order valence-corrected chi connectivity index (χ3v) is 5.28. The monoisotopic (exact) mass is 396 g/mol. The largest absolute Gasteiger partial charge is 0.329 e. The Morgan fingerprint density at radius 3 is 2.76 bits per heavy atom. The molecule has 1 N–H and O–H groups in total.